The maximum atomic E-state index is 11.2. The summed E-state index contributed by atoms with van der Waals surface area (Å²) in [5.41, 5.74) is 0.435. The lowest BCUT2D eigenvalue weighted by molar-refractivity contribution is 0.0826. The number of aromatic nitrogens is 2. The predicted octanol–water partition coefficient (Wildman–Crippen LogP) is -0.0214. The van der Waals surface area contributed by atoms with Crippen LogP contribution >= 0.6 is 0 Å². The first kappa shape index (κ1) is 7.65. The monoisotopic (exact) mass is 150 g/mol. The number of hydrogen-bond donors (Lipinski definition) is 0. The van der Waals surface area contributed by atoms with Gasteiger partial charge in [0.15, 0.2) is 0 Å². The molecule has 4 nitrogen and oxygen atoms in total. The molecule has 0 atom stereocenters. The fourth-order valence-corrected chi connectivity index (χ4v) is 0.621. The van der Waals surface area contributed by atoms with Gasteiger partial charge >= 0.3 is 0 Å². The van der Waals surface area contributed by atoms with Crippen molar-refractivity contribution in [2.45, 2.75) is 0 Å². The zero-order valence-corrected chi connectivity index (χ0v) is 6.40. The molecule has 0 aliphatic carbocycles. The quantitative estimate of drug-likeness (QED) is 0.565. The highest BCUT2D eigenvalue weighted by Crippen LogP contribution is 1.95. The lowest BCUT2D eigenvalue weighted by Crippen LogP contribution is -2.21. The number of carbonyl (C=O) groups is 1. The second-order valence-corrected chi connectivity index (χ2v) is 2.26. The molecular weight excluding hydrogens is 142 g/mol. The van der Waals surface area contributed by atoms with Crippen molar-refractivity contribution in [3.63, 3.8) is 0 Å². The van der Waals surface area contributed by atoms with Gasteiger partial charge in [0.2, 0.25) is 0 Å². The minimum Gasteiger partial charge on any atom is -0.345 e. The van der Waals surface area contributed by atoms with Gasteiger partial charge in [-0.3, -0.25) is 4.79 Å². The molecule has 0 saturated carbocycles. The highest BCUT2D eigenvalue weighted by Gasteiger charge is 2.06. The highest BCUT2D eigenvalue weighted by molar-refractivity contribution is 5.93. The van der Waals surface area contributed by atoms with Crippen molar-refractivity contribution < 1.29 is 4.79 Å². The lowest BCUT2D eigenvalue weighted by Gasteiger charge is -2.07. The van der Waals surface area contributed by atoms with E-state index in [1.165, 1.54) is 11.1 Å². The van der Waals surface area contributed by atoms with Gasteiger partial charge in [-0.15, -0.1) is 5.10 Å². The van der Waals surface area contributed by atoms with Gasteiger partial charge in [-0.1, -0.05) is 0 Å². The van der Waals surface area contributed by atoms with Crippen LogP contribution in [0, 0.1) is 6.20 Å². The van der Waals surface area contributed by atoms with Crippen LogP contribution in [-0.2, 0) is 0 Å². The van der Waals surface area contributed by atoms with Crippen molar-refractivity contribution in [2.24, 2.45) is 0 Å². The summed E-state index contributed by atoms with van der Waals surface area (Å²) in [6.45, 7) is 0. The van der Waals surface area contributed by atoms with E-state index >= 15 is 0 Å². The van der Waals surface area contributed by atoms with E-state index in [0.717, 1.165) is 0 Å². The van der Waals surface area contributed by atoms with Gasteiger partial charge < -0.3 is 4.90 Å². The summed E-state index contributed by atoms with van der Waals surface area (Å²) in [5.74, 6) is -0.111. The summed E-state index contributed by atoms with van der Waals surface area (Å²) < 4.78 is 0. The standard InChI is InChI=1S/C7H8N3O/c1-10(2)7(11)6-3-4-8-9-5-6/h3-4H,1-2H3. The molecule has 0 aliphatic heterocycles. The zero-order chi connectivity index (χ0) is 8.27. The molecule has 0 spiro atoms. The maximum Gasteiger partial charge on any atom is 0.255 e. The Morgan fingerprint density at radius 2 is 2.36 bits per heavy atom. The molecule has 0 N–H and O–H groups in total. The molecule has 0 unspecified atom stereocenters. The van der Waals surface area contributed by atoms with E-state index in [9.17, 15) is 4.79 Å². The number of nitrogens with zero attached hydrogens (tertiary/aromatic N) is 3. The topological polar surface area (TPSA) is 46.1 Å². The van der Waals surface area contributed by atoms with Crippen molar-refractivity contribution in [1.82, 2.24) is 15.1 Å². The Morgan fingerprint density at radius 3 is 2.82 bits per heavy atom. The molecule has 0 saturated heterocycles. The van der Waals surface area contributed by atoms with Gasteiger partial charge in [0.1, 0.15) is 6.20 Å². The van der Waals surface area contributed by atoms with Crippen molar-refractivity contribution in [2.75, 3.05) is 14.1 Å². The Labute approximate surface area is 64.9 Å². The second-order valence-electron chi connectivity index (χ2n) is 2.26. The van der Waals surface area contributed by atoms with Gasteiger partial charge in [0.25, 0.3) is 5.91 Å². The molecule has 11 heavy (non-hydrogen) atoms. The average molecular weight is 150 g/mol. The molecule has 0 bridgehead atoms. The van der Waals surface area contributed by atoms with E-state index in [0.29, 0.717) is 5.56 Å². The van der Waals surface area contributed by atoms with Crippen LogP contribution in [-0.4, -0.2) is 35.1 Å². The molecule has 1 amide bonds. The van der Waals surface area contributed by atoms with E-state index in [4.69, 9.17) is 0 Å². The van der Waals surface area contributed by atoms with Gasteiger partial charge in [0, 0.05) is 14.1 Å². The number of hydrogen-bond acceptors (Lipinski definition) is 3. The smallest absolute Gasteiger partial charge is 0.255 e. The summed E-state index contributed by atoms with van der Waals surface area (Å²) in [5, 5.41) is 6.98. The molecule has 1 heterocycles. The summed E-state index contributed by atoms with van der Waals surface area (Å²) in [6.07, 6.45) is 3.96. The van der Waals surface area contributed by atoms with E-state index in [1.54, 1.807) is 20.2 Å². The largest absolute Gasteiger partial charge is 0.345 e. The third-order valence-electron chi connectivity index (χ3n) is 1.17. The summed E-state index contributed by atoms with van der Waals surface area (Å²) in [7, 11) is 3.35. The minimum absolute atomic E-state index is 0.111. The predicted molar refractivity (Wildman–Crippen MR) is 38.9 cm³/mol. The normalized spacial score (nSPS) is 9.27. The molecule has 0 aromatic carbocycles. The Bertz CT molecular complexity index is 245. The lowest BCUT2D eigenvalue weighted by atomic mass is 10.3. The van der Waals surface area contributed by atoms with E-state index in [-0.39, 0.29) is 5.91 Å². The van der Waals surface area contributed by atoms with Gasteiger partial charge in [-0.2, -0.15) is 5.10 Å². The highest BCUT2D eigenvalue weighted by atomic mass is 16.2. The fourth-order valence-electron chi connectivity index (χ4n) is 0.621. The first-order valence-corrected chi connectivity index (χ1v) is 3.13. The fraction of sp³-hybridized carbons (Fsp3) is 0.286. The van der Waals surface area contributed by atoms with Crippen molar-refractivity contribution >= 4 is 5.91 Å². The molecule has 1 rings (SSSR count). The summed E-state index contributed by atoms with van der Waals surface area (Å²) in [4.78, 5) is 12.6. The van der Waals surface area contributed by atoms with E-state index in [1.807, 2.05) is 0 Å². The van der Waals surface area contributed by atoms with E-state index < -0.39 is 0 Å². The average Bonchev–Trinajstić information content (AvgIpc) is 2.05. The number of rotatable bonds is 1. The van der Waals surface area contributed by atoms with Gasteiger partial charge in [0.05, 0.1) is 11.8 Å². The molecule has 1 aromatic rings. The first-order chi connectivity index (χ1) is 5.22. The minimum atomic E-state index is -0.111. The third-order valence-corrected chi connectivity index (χ3v) is 1.17. The van der Waals surface area contributed by atoms with E-state index in [2.05, 4.69) is 16.4 Å². The zero-order valence-electron chi connectivity index (χ0n) is 6.40. The van der Waals surface area contributed by atoms with Crippen molar-refractivity contribution in [1.29, 1.82) is 0 Å². The summed E-state index contributed by atoms with van der Waals surface area (Å²) in [6, 6.07) is 1.58. The Balaban J connectivity index is 2.86. The van der Waals surface area contributed by atoms with Crippen molar-refractivity contribution in [3.8, 4) is 0 Å². The van der Waals surface area contributed by atoms with Gasteiger partial charge in [-0.25, -0.2) is 0 Å². The number of carbonyl (C=O) groups excluding carboxylic acids is 1. The Kier molecular flexibility index (Phi) is 2.15. The van der Waals surface area contributed by atoms with Crippen LogP contribution in [0.3, 0.4) is 0 Å². The maximum absolute atomic E-state index is 11.2. The molecule has 57 valence electrons. The van der Waals surface area contributed by atoms with Crippen LogP contribution in [0.25, 0.3) is 0 Å². The third kappa shape index (κ3) is 1.73. The van der Waals surface area contributed by atoms with Crippen LogP contribution in [0.5, 0.6) is 0 Å². The van der Waals surface area contributed by atoms with Crippen LogP contribution < -0.4 is 0 Å². The summed E-state index contributed by atoms with van der Waals surface area (Å²) >= 11 is 0. The Hall–Kier alpha value is -1.45. The number of amides is 1. The molecule has 0 aliphatic rings. The molecular formula is C7H8N3O. The SMILES string of the molecule is CN(C)C(=O)c1[c]nncc1. The van der Waals surface area contributed by atoms with Crippen LogP contribution in [0.2, 0.25) is 0 Å². The van der Waals surface area contributed by atoms with Crippen molar-refractivity contribution in [3.05, 3.63) is 24.0 Å². The van der Waals surface area contributed by atoms with Crippen LogP contribution in [0.15, 0.2) is 12.3 Å². The molecule has 1 aromatic heterocycles. The molecule has 1 radical (unpaired) electrons. The van der Waals surface area contributed by atoms with Gasteiger partial charge in [-0.05, 0) is 6.07 Å². The second kappa shape index (κ2) is 3.09. The van der Waals surface area contributed by atoms with Crippen LogP contribution in [0.4, 0.5) is 0 Å². The Morgan fingerprint density at radius 1 is 1.64 bits per heavy atom. The molecule has 0 fully saturated rings. The van der Waals surface area contributed by atoms with Crippen LogP contribution in [0.1, 0.15) is 10.4 Å². The first-order valence-electron chi connectivity index (χ1n) is 3.13. The molecule has 4 heteroatoms.